The van der Waals surface area contributed by atoms with Crippen molar-refractivity contribution >= 4 is 0 Å². The van der Waals surface area contributed by atoms with E-state index in [-0.39, 0.29) is 0 Å². The molecule has 0 bridgehead atoms. The molecule has 0 radical (unpaired) electrons. The molecule has 4 nitrogen and oxygen atoms in total. The molecule has 1 saturated heterocycles. The van der Waals surface area contributed by atoms with Gasteiger partial charge in [0.1, 0.15) is 5.76 Å². The van der Waals surface area contributed by atoms with Gasteiger partial charge in [-0.05, 0) is 71.7 Å². The van der Waals surface area contributed by atoms with Crippen LogP contribution in [0.5, 0.6) is 0 Å². The van der Waals surface area contributed by atoms with Gasteiger partial charge in [-0.2, -0.15) is 0 Å². The molecule has 1 aromatic heterocycles. The minimum atomic E-state index is 0.414. The lowest BCUT2D eigenvalue weighted by Crippen LogP contribution is -2.37. The Kier molecular flexibility index (Phi) is 5.92. The van der Waals surface area contributed by atoms with Crippen molar-refractivity contribution in [2.75, 3.05) is 19.6 Å². The summed E-state index contributed by atoms with van der Waals surface area (Å²) in [5.41, 5.74) is 3.71. The second-order valence-electron chi connectivity index (χ2n) is 7.51. The fraction of sp³-hybridized carbons (Fsp3) is 0.571. The van der Waals surface area contributed by atoms with Crippen LogP contribution in [0, 0.1) is 26.7 Å². The molecule has 1 aliphatic rings. The number of oxazole rings is 1. The van der Waals surface area contributed by atoms with Crippen LogP contribution < -0.4 is 5.32 Å². The maximum Gasteiger partial charge on any atom is 0.208 e. The first-order valence-corrected chi connectivity index (χ1v) is 9.46. The van der Waals surface area contributed by atoms with E-state index >= 15 is 0 Å². The minimum Gasteiger partial charge on any atom is -0.444 e. The largest absolute Gasteiger partial charge is 0.444 e. The van der Waals surface area contributed by atoms with Gasteiger partial charge in [-0.15, -0.1) is 0 Å². The normalized spacial score (nSPS) is 17.8. The molecule has 0 aliphatic carbocycles. The zero-order valence-electron chi connectivity index (χ0n) is 16.0. The summed E-state index contributed by atoms with van der Waals surface area (Å²) in [7, 11) is 0. The summed E-state index contributed by atoms with van der Waals surface area (Å²) in [5, 5.41) is 3.71. The number of benzene rings is 1. The lowest BCUT2D eigenvalue weighted by Gasteiger charge is -2.31. The maximum atomic E-state index is 5.72. The molecule has 4 heteroatoms. The molecule has 0 amide bonds. The Hall–Kier alpha value is -1.65. The highest BCUT2D eigenvalue weighted by molar-refractivity contribution is 5.23. The van der Waals surface area contributed by atoms with Gasteiger partial charge in [-0.25, -0.2) is 4.98 Å². The minimum absolute atomic E-state index is 0.414. The van der Waals surface area contributed by atoms with Gasteiger partial charge in [0.15, 0.2) is 0 Å². The Morgan fingerprint density at radius 2 is 1.84 bits per heavy atom. The molecule has 2 aromatic rings. The fourth-order valence-electron chi connectivity index (χ4n) is 3.46. The van der Waals surface area contributed by atoms with Crippen molar-refractivity contribution in [2.24, 2.45) is 5.92 Å². The average Bonchev–Trinajstić information content (AvgIpc) is 2.92. The molecule has 2 heterocycles. The number of aryl methyl sites for hydroxylation is 3. The summed E-state index contributed by atoms with van der Waals surface area (Å²) in [4.78, 5) is 6.96. The fourth-order valence-corrected chi connectivity index (χ4v) is 3.46. The molecule has 1 unspecified atom stereocenters. The van der Waals surface area contributed by atoms with Crippen LogP contribution in [-0.2, 0) is 6.54 Å². The lowest BCUT2D eigenvalue weighted by atomic mass is 9.96. The van der Waals surface area contributed by atoms with Crippen LogP contribution in [0.2, 0.25) is 0 Å². The number of likely N-dealkylation sites (tertiary alicyclic amines) is 1. The molecule has 25 heavy (non-hydrogen) atoms. The van der Waals surface area contributed by atoms with Gasteiger partial charge in [0.05, 0.1) is 12.2 Å². The van der Waals surface area contributed by atoms with Gasteiger partial charge in [-0.1, -0.05) is 29.8 Å². The Balaban J connectivity index is 1.41. The number of hydrogen-bond acceptors (Lipinski definition) is 4. The van der Waals surface area contributed by atoms with Crippen LogP contribution in [0.3, 0.4) is 0 Å². The molecule has 0 spiro atoms. The zero-order chi connectivity index (χ0) is 17.8. The highest BCUT2D eigenvalue weighted by atomic mass is 16.4. The highest BCUT2D eigenvalue weighted by Gasteiger charge is 2.21. The second kappa shape index (κ2) is 8.15. The number of piperidine rings is 1. The van der Waals surface area contributed by atoms with Crippen molar-refractivity contribution in [1.82, 2.24) is 15.2 Å². The average molecular weight is 341 g/mol. The zero-order valence-corrected chi connectivity index (χ0v) is 16.0. The van der Waals surface area contributed by atoms with E-state index in [4.69, 9.17) is 4.42 Å². The van der Waals surface area contributed by atoms with Crippen LogP contribution in [0.25, 0.3) is 0 Å². The van der Waals surface area contributed by atoms with E-state index in [9.17, 15) is 0 Å². The predicted octanol–water partition coefficient (Wildman–Crippen LogP) is 4.16. The third-order valence-electron chi connectivity index (χ3n) is 5.43. The van der Waals surface area contributed by atoms with Gasteiger partial charge in [0, 0.05) is 6.04 Å². The summed E-state index contributed by atoms with van der Waals surface area (Å²) in [5.74, 6) is 2.57. The molecule has 1 fully saturated rings. The van der Waals surface area contributed by atoms with Crippen LogP contribution >= 0.6 is 0 Å². The number of hydrogen-bond donors (Lipinski definition) is 1. The van der Waals surface area contributed by atoms with Gasteiger partial charge in [-0.3, -0.25) is 4.90 Å². The van der Waals surface area contributed by atoms with Gasteiger partial charge in [0.2, 0.25) is 5.89 Å². The Morgan fingerprint density at radius 3 is 2.44 bits per heavy atom. The molecule has 136 valence electrons. The van der Waals surface area contributed by atoms with E-state index in [0.717, 1.165) is 49.4 Å². The monoisotopic (exact) mass is 341 g/mol. The van der Waals surface area contributed by atoms with E-state index < -0.39 is 0 Å². The second-order valence-corrected chi connectivity index (χ2v) is 7.51. The van der Waals surface area contributed by atoms with Gasteiger partial charge < -0.3 is 9.73 Å². The number of nitrogens with one attached hydrogen (secondary N) is 1. The molecule has 3 rings (SSSR count). The maximum absolute atomic E-state index is 5.72. The Bertz CT molecular complexity index is 649. The third kappa shape index (κ3) is 4.93. The van der Waals surface area contributed by atoms with Crippen LogP contribution in [0.1, 0.15) is 54.3 Å². The summed E-state index contributed by atoms with van der Waals surface area (Å²) < 4.78 is 5.72. The topological polar surface area (TPSA) is 41.3 Å². The summed E-state index contributed by atoms with van der Waals surface area (Å²) in [6, 6.07) is 9.26. The predicted molar refractivity (Wildman–Crippen MR) is 102 cm³/mol. The van der Waals surface area contributed by atoms with E-state index in [2.05, 4.69) is 53.3 Å². The van der Waals surface area contributed by atoms with E-state index in [1.807, 2.05) is 13.8 Å². The van der Waals surface area contributed by atoms with Gasteiger partial charge in [0.25, 0.3) is 0 Å². The van der Waals surface area contributed by atoms with Crippen molar-refractivity contribution < 1.29 is 4.42 Å². The summed E-state index contributed by atoms with van der Waals surface area (Å²) in [6.07, 6.45) is 2.48. The van der Waals surface area contributed by atoms with Crippen molar-refractivity contribution in [3.63, 3.8) is 0 Å². The van der Waals surface area contributed by atoms with Crippen molar-refractivity contribution in [3.05, 3.63) is 52.7 Å². The highest BCUT2D eigenvalue weighted by Crippen LogP contribution is 2.21. The first-order valence-electron chi connectivity index (χ1n) is 9.46. The standard InChI is InChI=1S/C21H31N3O/c1-15-5-7-20(8-6-15)17(3)22-13-19-9-11-24(12-10-19)14-21-23-16(2)18(4)25-21/h5-8,17,19,22H,9-14H2,1-4H3. The van der Waals surface area contributed by atoms with Crippen molar-refractivity contribution in [2.45, 2.75) is 53.1 Å². The Morgan fingerprint density at radius 1 is 1.16 bits per heavy atom. The first-order chi connectivity index (χ1) is 12.0. The van der Waals surface area contributed by atoms with E-state index in [0.29, 0.717) is 6.04 Å². The smallest absolute Gasteiger partial charge is 0.208 e. The lowest BCUT2D eigenvalue weighted by molar-refractivity contribution is 0.160. The molecule has 1 aliphatic heterocycles. The number of aromatic nitrogens is 1. The molecular weight excluding hydrogens is 310 g/mol. The van der Waals surface area contributed by atoms with Crippen LogP contribution in [0.4, 0.5) is 0 Å². The number of rotatable bonds is 6. The molecule has 0 saturated carbocycles. The Labute approximate surface area is 151 Å². The van der Waals surface area contributed by atoms with Crippen LogP contribution in [-0.4, -0.2) is 29.5 Å². The molecule has 1 atom stereocenters. The molecule has 1 aromatic carbocycles. The quantitative estimate of drug-likeness (QED) is 0.856. The van der Waals surface area contributed by atoms with E-state index in [1.54, 1.807) is 0 Å². The SMILES string of the molecule is Cc1ccc(C(C)NCC2CCN(Cc3nc(C)c(C)o3)CC2)cc1. The molecule has 1 N–H and O–H groups in total. The summed E-state index contributed by atoms with van der Waals surface area (Å²) in [6.45, 7) is 12.6. The third-order valence-corrected chi connectivity index (χ3v) is 5.43. The molecular formula is C21H31N3O. The van der Waals surface area contributed by atoms with Gasteiger partial charge >= 0.3 is 0 Å². The van der Waals surface area contributed by atoms with Crippen molar-refractivity contribution in [3.8, 4) is 0 Å². The van der Waals surface area contributed by atoms with Crippen LogP contribution in [0.15, 0.2) is 28.7 Å². The van der Waals surface area contributed by atoms with E-state index in [1.165, 1.54) is 24.0 Å². The summed E-state index contributed by atoms with van der Waals surface area (Å²) >= 11 is 0. The van der Waals surface area contributed by atoms with Crippen molar-refractivity contribution in [1.29, 1.82) is 0 Å². The first kappa shape index (κ1) is 18.2. The number of nitrogens with zero attached hydrogens (tertiary/aromatic N) is 2.